The maximum Gasteiger partial charge on any atom is 0.220 e. The Morgan fingerprint density at radius 1 is 1.38 bits per heavy atom. The molecule has 0 saturated carbocycles. The van der Waals surface area contributed by atoms with E-state index >= 15 is 0 Å². The van der Waals surface area contributed by atoms with Crippen molar-refractivity contribution >= 4 is 5.91 Å². The van der Waals surface area contributed by atoms with Crippen LogP contribution in [-0.2, 0) is 4.79 Å². The van der Waals surface area contributed by atoms with Gasteiger partial charge in [0.25, 0.3) is 0 Å². The molecular formula is C13H27NO2. The summed E-state index contributed by atoms with van der Waals surface area (Å²) in [6.45, 7) is 10.6. The normalized spacial score (nSPS) is 13.9. The van der Waals surface area contributed by atoms with Crippen LogP contribution < -0.4 is 5.32 Å². The molecule has 3 nitrogen and oxygen atoms in total. The minimum Gasteiger partial charge on any atom is -0.392 e. The van der Waals surface area contributed by atoms with Crippen LogP contribution in [0.15, 0.2) is 0 Å². The smallest absolute Gasteiger partial charge is 0.220 e. The predicted octanol–water partition coefficient (Wildman–Crippen LogP) is 2.34. The third kappa shape index (κ3) is 5.50. The average Bonchev–Trinajstić information content (AvgIpc) is 2.22. The molecule has 0 rings (SSSR count). The van der Waals surface area contributed by atoms with Gasteiger partial charge in [-0.25, -0.2) is 0 Å². The molecular weight excluding hydrogens is 202 g/mol. The van der Waals surface area contributed by atoms with Crippen molar-refractivity contribution in [3.63, 3.8) is 0 Å². The summed E-state index contributed by atoms with van der Waals surface area (Å²) in [6.07, 6.45) is 2.16. The number of rotatable bonds is 7. The summed E-state index contributed by atoms with van der Waals surface area (Å²) in [5.41, 5.74) is -0.268. The molecule has 0 heterocycles. The van der Waals surface area contributed by atoms with Gasteiger partial charge >= 0.3 is 0 Å². The Labute approximate surface area is 99.6 Å². The second-order valence-electron chi connectivity index (χ2n) is 5.56. The van der Waals surface area contributed by atoms with Crippen LogP contribution in [0.1, 0.15) is 53.9 Å². The summed E-state index contributed by atoms with van der Waals surface area (Å²) in [6, 6.07) is 0. The lowest BCUT2D eigenvalue weighted by Gasteiger charge is -2.33. The Morgan fingerprint density at radius 3 is 2.38 bits per heavy atom. The van der Waals surface area contributed by atoms with Gasteiger partial charge in [-0.15, -0.1) is 0 Å². The van der Waals surface area contributed by atoms with Crippen LogP contribution in [0.25, 0.3) is 0 Å². The molecule has 0 aliphatic carbocycles. The van der Waals surface area contributed by atoms with Crippen molar-refractivity contribution < 1.29 is 9.90 Å². The van der Waals surface area contributed by atoms with Crippen molar-refractivity contribution in [2.45, 2.75) is 60.0 Å². The summed E-state index contributed by atoms with van der Waals surface area (Å²) in [5.74, 6) is 0.299. The van der Waals surface area contributed by atoms with Crippen LogP contribution in [0.3, 0.4) is 0 Å². The predicted molar refractivity (Wildman–Crippen MR) is 67.2 cm³/mol. The van der Waals surface area contributed by atoms with Gasteiger partial charge in [-0.1, -0.05) is 41.0 Å². The highest BCUT2D eigenvalue weighted by atomic mass is 16.3. The molecule has 0 radical (unpaired) electrons. The van der Waals surface area contributed by atoms with Crippen molar-refractivity contribution in [3.8, 4) is 0 Å². The standard InChI is InChI=1S/C13H27NO2/c1-6-7-8-11(15)14-9-13(4,5)12(16)10(2)3/h10,12,16H,6-9H2,1-5H3,(H,14,15). The van der Waals surface area contributed by atoms with Crippen LogP contribution in [0.2, 0.25) is 0 Å². The Hall–Kier alpha value is -0.570. The molecule has 0 aromatic rings. The third-order valence-electron chi connectivity index (χ3n) is 2.93. The van der Waals surface area contributed by atoms with E-state index < -0.39 is 0 Å². The number of aliphatic hydroxyl groups excluding tert-OH is 1. The summed E-state index contributed by atoms with van der Waals surface area (Å²) in [5, 5.41) is 12.9. The van der Waals surface area contributed by atoms with Crippen LogP contribution in [0, 0.1) is 11.3 Å². The van der Waals surface area contributed by atoms with Crippen molar-refractivity contribution in [2.24, 2.45) is 11.3 Å². The van der Waals surface area contributed by atoms with Crippen molar-refractivity contribution in [1.82, 2.24) is 5.32 Å². The fourth-order valence-corrected chi connectivity index (χ4v) is 1.76. The van der Waals surface area contributed by atoms with Gasteiger partial charge in [-0.2, -0.15) is 0 Å². The molecule has 3 heteroatoms. The molecule has 0 aliphatic heterocycles. The molecule has 0 aromatic carbocycles. The lowest BCUT2D eigenvalue weighted by atomic mass is 9.80. The first-order valence-corrected chi connectivity index (χ1v) is 6.26. The van der Waals surface area contributed by atoms with Gasteiger partial charge in [0, 0.05) is 18.4 Å². The number of hydrogen-bond acceptors (Lipinski definition) is 2. The molecule has 0 fully saturated rings. The largest absolute Gasteiger partial charge is 0.392 e. The Kier molecular flexibility index (Phi) is 6.65. The third-order valence-corrected chi connectivity index (χ3v) is 2.93. The summed E-state index contributed by atoms with van der Waals surface area (Å²) in [7, 11) is 0. The SMILES string of the molecule is CCCCC(=O)NCC(C)(C)C(O)C(C)C. The molecule has 1 amide bonds. The van der Waals surface area contributed by atoms with E-state index in [1.807, 2.05) is 27.7 Å². The molecule has 0 aliphatic rings. The first-order valence-electron chi connectivity index (χ1n) is 6.26. The number of unbranched alkanes of at least 4 members (excludes halogenated alkanes) is 1. The molecule has 0 spiro atoms. The second-order valence-corrected chi connectivity index (χ2v) is 5.56. The zero-order valence-corrected chi connectivity index (χ0v) is 11.3. The van der Waals surface area contributed by atoms with Crippen molar-refractivity contribution in [2.75, 3.05) is 6.54 Å². The van der Waals surface area contributed by atoms with Crippen LogP contribution in [0.5, 0.6) is 0 Å². The van der Waals surface area contributed by atoms with Gasteiger partial charge in [0.15, 0.2) is 0 Å². The number of aliphatic hydroxyl groups is 1. The van der Waals surface area contributed by atoms with Crippen LogP contribution >= 0.6 is 0 Å². The molecule has 1 unspecified atom stereocenters. The fourth-order valence-electron chi connectivity index (χ4n) is 1.76. The van der Waals surface area contributed by atoms with E-state index in [1.165, 1.54) is 0 Å². The van der Waals surface area contributed by atoms with Gasteiger partial charge in [-0.3, -0.25) is 4.79 Å². The number of amides is 1. The first kappa shape index (κ1) is 15.4. The average molecular weight is 229 g/mol. The van der Waals surface area contributed by atoms with Gasteiger partial charge in [-0.05, 0) is 12.3 Å². The van der Waals surface area contributed by atoms with Gasteiger partial charge in [0.2, 0.25) is 5.91 Å². The Balaban J connectivity index is 4.03. The quantitative estimate of drug-likeness (QED) is 0.704. The molecule has 1 atom stereocenters. The number of hydrogen-bond donors (Lipinski definition) is 2. The Bertz CT molecular complexity index is 212. The topological polar surface area (TPSA) is 49.3 Å². The minimum atomic E-state index is -0.390. The zero-order chi connectivity index (χ0) is 12.8. The van der Waals surface area contributed by atoms with E-state index in [0.717, 1.165) is 12.8 Å². The molecule has 0 aromatic heterocycles. The summed E-state index contributed by atoms with van der Waals surface area (Å²) < 4.78 is 0. The molecule has 0 saturated heterocycles. The highest BCUT2D eigenvalue weighted by molar-refractivity contribution is 5.75. The molecule has 96 valence electrons. The maximum absolute atomic E-state index is 11.4. The summed E-state index contributed by atoms with van der Waals surface area (Å²) >= 11 is 0. The monoisotopic (exact) mass is 229 g/mol. The Morgan fingerprint density at radius 2 is 1.94 bits per heavy atom. The highest BCUT2D eigenvalue weighted by Gasteiger charge is 2.30. The van der Waals surface area contributed by atoms with E-state index in [0.29, 0.717) is 13.0 Å². The van der Waals surface area contributed by atoms with Gasteiger partial charge in [0.05, 0.1) is 6.10 Å². The van der Waals surface area contributed by atoms with Crippen molar-refractivity contribution in [1.29, 1.82) is 0 Å². The van der Waals surface area contributed by atoms with Crippen molar-refractivity contribution in [3.05, 3.63) is 0 Å². The number of carbonyl (C=O) groups excluding carboxylic acids is 1. The van der Waals surface area contributed by atoms with Crippen LogP contribution in [-0.4, -0.2) is 23.7 Å². The lowest BCUT2D eigenvalue weighted by molar-refractivity contribution is -0.122. The molecule has 0 bridgehead atoms. The van der Waals surface area contributed by atoms with E-state index in [4.69, 9.17) is 0 Å². The lowest BCUT2D eigenvalue weighted by Crippen LogP contribution is -2.43. The van der Waals surface area contributed by atoms with Gasteiger partial charge < -0.3 is 10.4 Å². The zero-order valence-electron chi connectivity index (χ0n) is 11.3. The molecule has 16 heavy (non-hydrogen) atoms. The second kappa shape index (κ2) is 6.89. The maximum atomic E-state index is 11.4. The highest BCUT2D eigenvalue weighted by Crippen LogP contribution is 2.25. The number of carbonyl (C=O) groups is 1. The van der Waals surface area contributed by atoms with Crippen LogP contribution in [0.4, 0.5) is 0 Å². The summed E-state index contributed by atoms with van der Waals surface area (Å²) in [4.78, 5) is 11.4. The molecule has 2 N–H and O–H groups in total. The van der Waals surface area contributed by atoms with E-state index in [-0.39, 0.29) is 23.3 Å². The number of nitrogens with one attached hydrogen (secondary N) is 1. The van der Waals surface area contributed by atoms with Gasteiger partial charge in [0.1, 0.15) is 0 Å². The van der Waals surface area contributed by atoms with E-state index in [2.05, 4.69) is 12.2 Å². The fraction of sp³-hybridized carbons (Fsp3) is 0.923. The minimum absolute atomic E-state index is 0.0888. The van der Waals surface area contributed by atoms with E-state index in [9.17, 15) is 9.90 Å². The first-order chi connectivity index (χ1) is 7.31. The van der Waals surface area contributed by atoms with E-state index in [1.54, 1.807) is 0 Å².